The molecule has 0 aliphatic carbocycles. The molecule has 40 heavy (non-hydrogen) atoms. The van der Waals surface area contributed by atoms with Crippen molar-refractivity contribution in [2.24, 2.45) is 10.2 Å². The molecule has 4 rings (SSSR count). The Morgan fingerprint density at radius 3 is 1.95 bits per heavy atom. The molecule has 0 spiro atoms. The predicted molar refractivity (Wildman–Crippen MR) is 121 cm³/mol. The number of aliphatic hydroxyl groups is 8. The van der Waals surface area contributed by atoms with Gasteiger partial charge in [-0.2, -0.15) is 18.3 Å². The van der Waals surface area contributed by atoms with Crippen LogP contribution in [0.4, 0.5) is 24.5 Å². The number of ether oxygens (including phenoxy) is 3. The molecule has 2 fully saturated rings. The lowest BCUT2D eigenvalue weighted by Crippen LogP contribution is -2.60. The second-order valence-electron chi connectivity index (χ2n) is 9.01. The molecule has 1 aromatic carbocycles. The number of azo groups is 1. The molecule has 18 heteroatoms. The summed E-state index contributed by atoms with van der Waals surface area (Å²) >= 11 is 0. The van der Waals surface area contributed by atoms with Crippen molar-refractivity contribution in [3.05, 3.63) is 36.0 Å². The van der Waals surface area contributed by atoms with E-state index in [0.717, 1.165) is 0 Å². The van der Waals surface area contributed by atoms with Crippen LogP contribution in [0.3, 0.4) is 0 Å². The van der Waals surface area contributed by atoms with Crippen molar-refractivity contribution in [1.82, 2.24) is 9.78 Å². The van der Waals surface area contributed by atoms with E-state index in [-0.39, 0.29) is 10.4 Å². The highest BCUT2D eigenvalue weighted by Crippen LogP contribution is 2.46. The zero-order valence-corrected chi connectivity index (χ0v) is 20.3. The number of halogens is 3. The standard InChI is InChI=1S/C22H27F3N4O11/c23-22(24,25)18-11(27-26-8-4-2-1-3-5-8)19(40-21-17(37)15(35)13(33)10(7-31)39-21)28-29(18)20-16(36)14(34)12(32)9(6-30)38-20/h1-5,9-10,12-17,20-21,30-37H,6-7H2/t9-,10-,12-,13-,14+,15+,16-,17-,20-,21+/m1/s1. The quantitative estimate of drug-likeness (QED) is 0.174. The molecule has 2 aliphatic heterocycles. The fraction of sp³-hybridized carbons (Fsp3) is 0.591. The van der Waals surface area contributed by atoms with Crippen LogP contribution in [0.5, 0.6) is 5.88 Å². The van der Waals surface area contributed by atoms with Crippen molar-refractivity contribution in [2.75, 3.05) is 13.2 Å². The van der Waals surface area contributed by atoms with Crippen LogP contribution in [0.25, 0.3) is 0 Å². The van der Waals surface area contributed by atoms with Gasteiger partial charge < -0.3 is 55.1 Å². The van der Waals surface area contributed by atoms with Gasteiger partial charge in [0.1, 0.15) is 48.8 Å². The van der Waals surface area contributed by atoms with Crippen molar-refractivity contribution < 1.29 is 68.2 Å². The maximum Gasteiger partial charge on any atom is 0.435 e. The highest BCUT2D eigenvalue weighted by atomic mass is 19.4. The topological polar surface area (TPSA) is 232 Å². The average molecular weight is 580 g/mol. The Kier molecular flexibility index (Phi) is 9.05. The molecule has 0 amide bonds. The van der Waals surface area contributed by atoms with Crippen LogP contribution in [-0.2, 0) is 15.7 Å². The van der Waals surface area contributed by atoms with Gasteiger partial charge in [0.05, 0.1) is 18.9 Å². The Morgan fingerprint density at radius 2 is 1.38 bits per heavy atom. The van der Waals surface area contributed by atoms with E-state index in [2.05, 4.69) is 15.3 Å². The monoisotopic (exact) mass is 580 g/mol. The van der Waals surface area contributed by atoms with E-state index in [1.54, 1.807) is 6.07 Å². The van der Waals surface area contributed by atoms with E-state index >= 15 is 0 Å². The molecule has 2 aromatic rings. The molecule has 0 unspecified atom stereocenters. The third-order valence-electron chi connectivity index (χ3n) is 6.33. The molecule has 2 saturated heterocycles. The van der Waals surface area contributed by atoms with E-state index in [0.29, 0.717) is 0 Å². The smallest absolute Gasteiger partial charge is 0.435 e. The fourth-order valence-electron chi connectivity index (χ4n) is 4.18. The number of nitrogens with zero attached hydrogens (tertiary/aromatic N) is 4. The predicted octanol–water partition coefficient (Wildman–Crippen LogP) is -1.53. The van der Waals surface area contributed by atoms with Gasteiger partial charge in [-0.1, -0.05) is 18.2 Å². The first-order chi connectivity index (χ1) is 18.9. The summed E-state index contributed by atoms with van der Waals surface area (Å²) in [6, 6.07) is 7.50. The van der Waals surface area contributed by atoms with Gasteiger partial charge in [0, 0.05) is 0 Å². The van der Waals surface area contributed by atoms with Crippen LogP contribution in [-0.4, -0.2) is 119 Å². The highest BCUT2D eigenvalue weighted by Gasteiger charge is 2.51. The lowest BCUT2D eigenvalue weighted by Gasteiger charge is -2.40. The first kappa shape index (κ1) is 30.2. The molecule has 2 aliphatic rings. The molecule has 3 heterocycles. The van der Waals surface area contributed by atoms with Crippen molar-refractivity contribution in [3.8, 4) is 5.88 Å². The number of benzene rings is 1. The molecule has 10 atom stereocenters. The third kappa shape index (κ3) is 5.81. The minimum Gasteiger partial charge on any atom is -0.442 e. The van der Waals surface area contributed by atoms with Crippen LogP contribution in [0.1, 0.15) is 11.9 Å². The minimum absolute atomic E-state index is 0.0567. The second kappa shape index (κ2) is 12.0. The first-order valence-electron chi connectivity index (χ1n) is 11.8. The van der Waals surface area contributed by atoms with Gasteiger partial charge in [-0.25, -0.2) is 4.68 Å². The van der Waals surface area contributed by atoms with Gasteiger partial charge in [0.2, 0.25) is 6.29 Å². The van der Waals surface area contributed by atoms with Gasteiger partial charge >= 0.3 is 6.18 Å². The Balaban J connectivity index is 1.84. The maximum absolute atomic E-state index is 14.5. The number of alkyl halides is 3. The number of hydrogen-bond donors (Lipinski definition) is 8. The zero-order chi connectivity index (χ0) is 29.4. The molecule has 8 N–H and O–H groups in total. The summed E-state index contributed by atoms with van der Waals surface area (Å²) in [5.41, 5.74) is -2.71. The number of aliphatic hydroxyl groups excluding tert-OH is 8. The lowest BCUT2D eigenvalue weighted by molar-refractivity contribution is -0.278. The molecule has 222 valence electrons. The lowest BCUT2D eigenvalue weighted by atomic mass is 9.98. The summed E-state index contributed by atoms with van der Waals surface area (Å²) in [5, 5.41) is 91.0. The van der Waals surface area contributed by atoms with Gasteiger partial charge in [-0.15, -0.1) is 10.2 Å². The van der Waals surface area contributed by atoms with Gasteiger partial charge in [-0.05, 0) is 12.1 Å². The molecular formula is C22H27F3N4O11. The SMILES string of the molecule is OC[C@H]1O[C@@H](n2nc(O[C@@H]3O[C@H](CO)[C@@H](O)[C@H](O)[C@H]3O)c(N=Nc3ccccc3)c2C(F)(F)F)[C@H](O)[C@@H](O)[C@@H]1O. The second-order valence-corrected chi connectivity index (χ2v) is 9.01. The van der Waals surface area contributed by atoms with E-state index in [4.69, 9.17) is 14.2 Å². The molecule has 1 aromatic heterocycles. The van der Waals surface area contributed by atoms with Gasteiger partial charge in [0.25, 0.3) is 5.88 Å². The first-order valence-corrected chi connectivity index (χ1v) is 11.8. The average Bonchev–Trinajstić information content (AvgIpc) is 3.30. The maximum atomic E-state index is 14.5. The van der Waals surface area contributed by atoms with Gasteiger partial charge in [-0.3, -0.25) is 0 Å². The molecular weight excluding hydrogens is 553 g/mol. The summed E-state index contributed by atoms with van der Waals surface area (Å²) in [4.78, 5) is 0. The highest BCUT2D eigenvalue weighted by molar-refractivity contribution is 5.54. The van der Waals surface area contributed by atoms with E-state index in [1.165, 1.54) is 24.3 Å². The Bertz CT molecular complexity index is 1170. The number of rotatable bonds is 7. The van der Waals surface area contributed by atoms with E-state index in [1.807, 2.05) is 0 Å². The minimum atomic E-state index is -5.30. The van der Waals surface area contributed by atoms with Crippen molar-refractivity contribution >= 4 is 11.4 Å². The summed E-state index contributed by atoms with van der Waals surface area (Å²) in [6.45, 7) is -1.81. The van der Waals surface area contributed by atoms with Crippen LogP contribution >= 0.6 is 0 Å². The van der Waals surface area contributed by atoms with Gasteiger partial charge in [0.15, 0.2) is 17.6 Å². The largest absolute Gasteiger partial charge is 0.442 e. The summed E-state index contributed by atoms with van der Waals surface area (Å²) in [5.74, 6) is -1.01. The van der Waals surface area contributed by atoms with Crippen LogP contribution < -0.4 is 4.74 Å². The molecule has 15 nitrogen and oxygen atoms in total. The Morgan fingerprint density at radius 1 is 0.800 bits per heavy atom. The summed E-state index contributed by atoms with van der Waals surface area (Å²) in [6.07, 6.45) is -24.4. The van der Waals surface area contributed by atoms with Crippen LogP contribution in [0.2, 0.25) is 0 Å². The summed E-state index contributed by atoms with van der Waals surface area (Å²) in [7, 11) is 0. The van der Waals surface area contributed by atoms with Crippen molar-refractivity contribution in [2.45, 2.75) is 67.5 Å². The van der Waals surface area contributed by atoms with Crippen molar-refractivity contribution in [3.63, 3.8) is 0 Å². The fourth-order valence-corrected chi connectivity index (χ4v) is 4.18. The molecule has 0 radical (unpaired) electrons. The van der Waals surface area contributed by atoms with Crippen LogP contribution in [0.15, 0.2) is 40.6 Å². The van der Waals surface area contributed by atoms with Crippen molar-refractivity contribution in [1.29, 1.82) is 0 Å². The normalized spacial score (nSPS) is 35.3. The molecule has 0 bridgehead atoms. The Hall–Kier alpha value is -2.78. The molecule has 0 saturated carbocycles. The number of aromatic nitrogens is 2. The zero-order valence-electron chi connectivity index (χ0n) is 20.3. The summed E-state index contributed by atoms with van der Waals surface area (Å²) < 4.78 is 59.2. The van der Waals surface area contributed by atoms with E-state index in [9.17, 15) is 54.0 Å². The Labute approximate surface area is 222 Å². The van der Waals surface area contributed by atoms with Crippen LogP contribution in [0, 0.1) is 0 Å². The number of hydrogen-bond acceptors (Lipinski definition) is 14. The third-order valence-corrected chi connectivity index (χ3v) is 6.33. The van der Waals surface area contributed by atoms with E-state index < -0.39 is 98.0 Å².